The van der Waals surface area contributed by atoms with Crippen LogP contribution in [0.3, 0.4) is 0 Å². The Hall–Kier alpha value is -1.05. The normalized spacial score (nSPS) is 10.4. The topological polar surface area (TPSA) is 0 Å². The summed E-state index contributed by atoms with van der Waals surface area (Å²) in [5.74, 6) is 0. The van der Waals surface area contributed by atoms with Crippen molar-refractivity contribution < 1.29 is 0 Å². The molecule has 0 unspecified atom stereocenters. The SMILES string of the molecule is Cc1ccccc1-c1ccccc1C[Si]Cl. The summed E-state index contributed by atoms with van der Waals surface area (Å²) in [7, 11) is 0.446. The molecule has 0 fully saturated rings. The number of halogens is 1. The highest BCUT2D eigenvalue weighted by Gasteiger charge is 2.05. The minimum Gasteiger partial charge on any atom is -0.171 e. The van der Waals surface area contributed by atoms with Gasteiger partial charge >= 0.3 is 0 Å². The first-order valence-electron chi connectivity index (χ1n) is 5.30. The van der Waals surface area contributed by atoms with Gasteiger partial charge in [-0.2, -0.15) is 11.1 Å². The van der Waals surface area contributed by atoms with Crippen molar-refractivity contribution in [2.24, 2.45) is 0 Å². The summed E-state index contributed by atoms with van der Waals surface area (Å²) in [6, 6.07) is 17.9. The van der Waals surface area contributed by atoms with Crippen LogP contribution in [0, 0.1) is 6.92 Å². The van der Waals surface area contributed by atoms with Crippen LogP contribution in [-0.2, 0) is 6.04 Å². The van der Waals surface area contributed by atoms with Gasteiger partial charge < -0.3 is 0 Å². The van der Waals surface area contributed by atoms with Crippen molar-refractivity contribution >= 4 is 19.9 Å². The van der Waals surface area contributed by atoms with E-state index in [1.165, 1.54) is 22.3 Å². The first-order chi connectivity index (χ1) is 7.83. The number of hydrogen-bond acceptors (Lipinski definition) is 0. The van der Waals surface area contributed by atoms with Crippen LogP contribution in [0.2, 0.25) is 0 Å². The van der Waals surface area contributed by atoms with E-state index < -0.39 is 0 Å². The van der Waals surface area contributed by atoms with Gasteiger partial charge in [0.25, 0.3) is 0 Å². The third kappa shape index (κ3) is 2.37. The molecule has 2 radical (unpaired) electrons. The highest BCUT2D eigenvalue weighted by atomic mass is 35.6. The van der Waals surface area contributed by atoms with E-state index in [1.54, 1.807) is 0 Å². The van der Waals surface area contributed by atoms with E-state index in [9.17, 15) is 0 Å². The summed E-state index contributed by atoms with van der Waals surface area (Å²) in [6.07, 6.45) is 0. The molecule has 0 aromatic heterocycles. The Morgan fingerprint density at radius 1 is 0.938 bits per heavy atom. The van der Waals surface area contributed by atoms with E-state index in [0.29, 0.717) is 8.83 Å². The molecule has 0 aliphatic rings. The summed E-state index contributed by atoms with van der Waals surface area (Å²) < 4.78 is 0. The molecule has 0 N–H and O–H groups in total. The molecule has 16 heavy (non-hydrogen) atoms. The van der Waals surface area contributed by atoms with Crippen LogP contribution in [-0.4, -0.2) is 8.83 Å². The summed E-state index contributed by atoms with van der Waals surface area (Å²) in [5, 5.41) is 0. The minimum absolute atomic E-state index is 0.446. The Morgan fingerprint density at radius 2 is 1.56 bits per heavy atom. The van der Waals surface area contributed by atoms with E-state index in [0.717, 1.165) is 6.04 Å². The molecule has 2 rings (SSSR count). The molecule has 2 aromatic carbocycles. The monoisotopic (exact) mass is 244 g/mol. The van der Waals surface area contributed by atoms with Crippen molar-refractivity contribution in [3.63, 3.8) is 0 Å². The maximum absolute atomic E-state index is 5.86. The predicted octanol–water partition coefficient (Wildman–Crippen LogP) is 4.02. The van der Waals surface area contributed by atoms with E-state index in [2.05, 4.69) is 55.5 Å². The third-order valence-electron chi connectivity index (χ3n) is 2.71. The van der Waals surface area contributed by atoms with E-state index in [4.69, 9.17) is 11.1 Å². The molecule has 2 heteroatoms. The van der Waals surface area contributed by atoms with Gasteiger partial charge in [0.2, 0.25) is 0 Å². The lowest BCUT2D eigenvalue weighted by molar-refractivity contribution is 1.37. The van der Waals surface area contributed by atoms with E-state index in [-0.39, 0.29) is 0 Å². The van der Waals surface area contributed by atoms with Gasteiger partial charge in [0, 0.05) is 0 Å². The van der Waals surface area contributed by atoms with Gasteiger partial charge in [-0.25, -0.2) is 0 Å². The van der Waals surface area contributed by atoms with Crippen LogP contribution < -0.4 is 0 Å². The molecular weight excluding hydrogens is 232 g/mol. The molecule has 0 atom stereocenters. The highest BCUT2D eigenvalue weighted by Crippen LogP contribution is 2.26. The van der Waals surface area contributed by atoms with Crippen molar-refractivity contribution in [3.8, 4) is 11.1 Å². The Bertz CT molecular complexity index is 480. The van der Waals surface area contributed by atoms with Crippen molar-refractivity contribution in [1.82, 2.24) is 0 Å². The molecule has 80 valence electrons. The van der Waals surface area contributed by atoms with Crippen LogP contribution in [0.25, 0.3) is 11.1 Å². The maximum Gasteiger partial charge on any atom is 0.176 e. The van der Waals surface area contributed by atoms with Gasteiger partial charge in [-0.3, -0.25) is 0 Å². The largest absolute Gasteiger partial charge is 0.176 e. The maximum atomic E-state index is 5.86. The van der Waals surface area contributed by atoms with Crippen molar-refractivity contribution in [2.45, 2.75) is 13.0 Å². The molecule has 0 nitrogen and oxygen atoms in total. The van der Waals surface area contributed by atoms with Crippen molar-refractivity contribution in [2.75, 3.05) is 0 Å². The second-order valence-electron chi connectivity index (χ2n) is 3.78. The number of rotatable bonds is 3. The Labute approximate surface area is 104 Å². The van der Waals surface area contributed by atoms with Crippen molar-refractivity contribution in [1.29, 1.82) is 0 Å². The number of benzene rings is 2. The first kappa shape index (κ1) is 11.4. The summed E-state index contributed by atoms with van der Waals surface area (Å²) in [6.45, 7) is 2.15. The molecule has 0 heterocycles. The molecule has 0 aliphatic carbocycles. The zero-order valence-corrected chi connectivity index (χ0v) is 11.0. The molecule has 0 saturated heterocycles. The number of aryl methyl sites for hydroxylation is 1. The zero-order chi connectivity index (χ0) is 11.4. The number of hydrogen-bond donors (Lipinski definition) is 0. The Balaban J connectivity index is 2.51. The fourth-order valence-electron chi connectivity index (χ4n) is 1.88. The van der Waals surface area contributed by atoms with Crippen LogP contribution in [0.1, 0.15) is 11.1 Å². The fraction of sp³-hybridized carbons (Fsp3) is 0.143. The molecule has 0 saturated carbocycles. The average molecular weight is 245 g/mol. The summed E-state index contributed by atoms with van der Waals surface area (Å²) in [4.78, 5) is 0. The van der Waals surface area contributed by atoms with Crippen LogP contribution in [0.4, 0.5) is 0 Å². The molecule has 2 aromatic rings. The van der Waals surface area contributed by atoms with Gasteiger partial charge in [0.15, 0.2) is 8.83 Å². The standard InChI is InChI=1S/C14H13ClSi/c1-11-6-2-4-8-13(11)14-9-5-3-7-12(14)10-16-15/h2-9H,10H2,1H3. The van der Waals surface area contributed by atoms with Crippen LogP contribution in [0.5, 0.6) is 0 Å². The quantitative estimate of drug-likeness (QED) is 0.565. The van der Waals surface area contributed by atoms with Crippen LogP contribution >= 0.6 is 11.1 Å². The van der Waals surface area contributed by atoms with Gasteiger partial charge in [-0.15, -0.1) is 0 Å². The lowest BCUT2D eigenvalue weighted by Gasteiger charge is -2.10. The van der Waals surface area contributed by atoms with Gasteiger partial charge in [0.05, 0.1) is 0 Å². The van der Waals surface area contributed by atoms with Crippen molar-refractivity contribution in [3.05, 3.63) is 59.7 Å². The van der Waals surface area contributed by atoms with Gasteiger partial charge in [-0.05, 0) is 35.2 Å². The fourth-order valence-corrected chi connectivity index (χ4v) is 2.77. The average Bonchev–Trinajstić information content (AvgIpc) is 2.31. The van der Waals surface area contributed by atoms with Gasteiger partial charge in [0.1, 0.15) is 0 Å². The van der Waals surface area contributed by atoms with Gasteiger partial charge in [-0.1, -0.05) is 48.5 Å². The zero-order valence-electron chi connectivity index (χ0n) is 9.20. The highest BCUT2D eigenvalue weighted by molar-refractivity contribution is 6.93. The van der Waals surface area contributed by atoms with E-state index >= 15 is 0 Å². The lowest BCUT2D eigenvalue weighted by Crippen LogP contribution is -1.94. The third-order valence-corrected chi connectivity index (χ3v) is 3.63. The summed E-state index contributed by atoms with van der Waals surface area (Å²) in [5.41, 5.74) is 5.28. The lowest BCUT2D eigenvalue weighted by atomic mass is 9.97. The Kier molecular flexibility index (Phi) is 3.81. The first-order valence-corrected chi connectivity index (χ1v) is 7.52. The predicted molar refractivity (Wildman–Crippen MR) is 71.9 cm³/mol. The Morgan fingerprint density at radius 3 is 2.25 bits per heavy atom. The van der Waals surface area contributed by atoms with E-state index in [1.807, 2.05) is 0 Å². The van der Waals surface area contributed by atoms with Crippen LogP contribution in [0.15, 0.2) is 48.5 Å². The molecule has 0 spiro atoms. The smallest absolute Gasteiger partial charge is 0.171 e. The second kappa shape index (κ2) is 5.33. The molecular formula is C14H13ClSi. The molecule has 0 amide bonds. The molecule has 0 aliphatic heterocycles. The minimum atomic E-state index is 0.446. The second-order valence-corrected chi connectivity index (χ2v) is 5.21. The summed E-state index contributed by atoms with van der Waals surface area (Å²) >= 11 is 5.86. The molecule has 0 bridgehead atoms.